The van der Waals surface area contributed by atoms with E-state index in [9.17, 15) is 9.59 Å². The number of carbonyl (C=O) groups is 2. The SMILES string of the molecule is CC(=O)c1ccc(NCc2ccc(C)c(NC(=O)c3cncn3C)c2)cc1. The molecule has 6 nitrogen and oxygen atoms in total. The lowest BCUT2D eigenvalue weighted by atomic mass is 10.1. The summed E-state index contributed by atoms with van der Waals surface area (Å²) in [6, 6.07) is 13.3. The van der Waals surface area contributed by atoms with Crippen molar-refractivity contribution >= 4 is 23.1 Å². The first-order valence-electron chi connectivity index (χ1n) is 8.66. The average Bonchev–Trinajstić information content (AvgIpc) is 3.08. The molecule has 0 saturated carbocycles. The predicted octanol–water partition coefficient (Wildman–Crippen LogP) is 3.80. The molecule has 0 unspecified atom stereocenters. The number of nitrogens with one attached hydrogen (secondary N) is 2. The lowest BCUT2D eigenvalue weighted by molar-refractivity contribution is 0.101. The Labute approximate surface area is 158 Å². The molecular formula is C21H22N4O2. The van der Waals surface area contributed by atoms with Gasteiger partial charge < -0.3 is 15.2 Å². The van der Waals surface area contributed by atoms with Crippen LogP contribution in [-0.4, -0.2) is 21.2 Å². The molecule has 27 heavy (non-hydrogen) atoms. The van der Waals surface area contributed by atoms with Gasteiger partial charge in [-0.25, -0.2) is 4.98 Å². The Balaban J connectivity index is 1.68. The van der Waals surface area contributed by atoms with Gasteiger partial charge in [0.1, 0.15) is 5.69 Å². The zero-order valence-electron chi connectivity index (χ0n) is 15.6. The van der Waals surface area contributed by atoms with Crippen LogP contribution in [0.2, 0.25) is 0 Å². The molecule has 0 bridgehead atoms. The lowest BCUT2D eigenvalue weighted by Gasteiger charge is -2.12. The van der Waals surface area contributed by atoms with Crippen molar-refractivity contribution in [1.29, 1.82) is 0 Å². The van der Waals surface area contributed by atoms with Gasteiger partial charge in [-0.15, -0.1) is 0 Å². The fourth-order valence-electron chi connectivity index (χ4n) is 2.70. The summed E-state index contributed by atoms with van der Waals surface area (Å²) in [5.74, 6) is -0.142. The van der Waals surface area contributed by atoms with E-state index in [0.29, 0.717) is 17.8 Å². The Bertz CT molecular complexity index is 974. The molecule has 2 N–H and O–H groups in total. The molecule has 0 aliphatic heterocycles. The van der Waals surface area contributed by atoms with Crippen LogP contribution in [0.3, 0.4) is 0 Å². The first-order chi connectivity index (χ1) is 12.9. The second-order valence-electron chi connectivity index (χ2n) is 6.48. The summed E-state index contributed by atoms with van der Waals surface area (Å²) in [5.41, 5.74) is 4.92. The number of nitrogens with zero attached hydrogens (tertiary/aromatic N) is 2. The van der Waals surface area contributed by atoms with Crippen LogP contribution in [-0.2, 0) is 13.6 Å². The van der Waals surface area contributed by atoms with Crippen molar-refractivity contribution in [3.63, 3.8) is 0 Å². The highest BCUT2D eigenvalue weighted by molar-refractivity contribution is 6.03. The van der Waals surface area contributed by atoms with Gasteiger partial charge in [0.15, 0.2) is 5.78 Å². The highest BCUT2D eigenvalue weighted by Gasteiger charge is 2.11. The molecule has 0 fully saturated rings. The van der Waals surface area contributed by atoms with E-state index >= 15 is 0 Å². The number of anilines is 2. The van der Waals surface area contributed by atoms with Gasteiger partial charge in [0, 0.05) is 30.5 Å². The summed E-state index contributed by atoms with van der Waals surface area (Å²) < 4.78 is 1.68. The van der Waals surface area contributed by atoms with E-state index in [1.807, 2.05) is 37.3 Å². The number of aromatic nitrogens is 2. The highest BCUT2D eigenvalue weighted by Crippen LogP contribution is 2.19. The van der Waals surface area contributed by atoms with Crippen LogP contribution in [0.4, 0.5) is 11.4 Å². The van der Waals surface area contributed by atoms with Crippen molar-refractivity contribution in [2.75, 3.05) is 10.6 Å². The highest BCUT2D eigenvalue weighted by atomic mass is 16.2. The fraction of sp³-hybridized carbons (Fsp3) is 0.190. The van der Waals surface area contributed by atoms with Crippen LogP contribution in [0.15, 0.2) is 55.0 Å². The maximum atomic E-state index is 12.4. The quantitative estimate of drug-likeness (QED) is 0.654. The molecule has 0 spiro atoms. The van der Waals surface area contributed by atoms with E-state index in [-0.39, 0.29) is 11.7 Å². The molecule has 6 heteroatoms. The Hall–Kier alpha value is -3.41. The van der Waals surface area contributed by atoms with Crippen molar-refractivity contribution in [1.82, 2.24) is 9.55 Å². The normalized spacial score (nSPS) is 10.5. The van der Waals surface area contributed by atoms with E-state index in [1.165, 1.54) is 0 Å². The molecule has 3 rings (SSSR count). The lowest BCUT2D eigenvalue weighted by Crippen LogP contribution is -2.16. The van der Waals surface area contributed by atoms with Gasteiger partial charge in [-0.2, -0.15) is 0 Å². The third kappa shape index (κ3) is 4.41. The number of aryl methyl sites for hydroxylation is 2. The van der Waals surface area contributed by atoms with Crippen LogP contribution >= 0.6 is 0 Å². The number of amides is 1. The van der Waals surface area contributed by atoms with E-state index in [4.69, 9.17) is 0 Å². The molecule has 0 radical (unpaired) electrons. The second-order valence-corrected chi connectivity index (χ2v) is 6.48. The van der Waals surface area contributed by atoms with Crippen LogP contribution in [0, 0.1) is 6.92 Å². The largest absolute Gasteiger partial charge is 0.381 e. The number of imidazole rings is 1. The number of hydrogen-bond acceptors (Lipinski definition) is 4. The molecule has 1 aromatic heterocycles. The molecule has 1 heterocycles. The summed E-state index contributed by atoms with van der Waals surface area (Å²) in [5, 5.41) is 6.27. The van der Waals surface area contributed by atoms with Crippen LogP contribution in [0.5, 0.6) is 0 Å². The fourth-order valence-corrected chi connectivity index (χ4v) is 2.70. The van der Waals surface area contributed by atoms with Gasteiger partial charge in [-0.3, -0.25) is 9.59 Å². The molecule has 1 amide bonds. The zero-order chi connectivity index (χ0) is 19.4. The Morgan fingerprint density at radius 2 is 1.85 bits per heavy atom. The topological polar surface area (TPSA) is 76.0 Å². The minimum absolute atomic E-state index is 0.0499. The second kappa shape index (κ2) is 7.86. The minimum atomic E-state index is -0.192. The van der Waals surface area contributed by atoms with Gasteiger partial charge in [-0.1, -0.05) is 12.1 Å². The van der Waals surface area contributed by atoms with Crippen molar-refractivity contribution in [2.45, 2.75) is 20.4 Å². The molecule has 0 aliphatic carbocycles. The van der Waals surface area contributed by atoms with Gasteiger partial charge in [0.05, 0.1) is 12.5 Å². The average molecular weight is 362 g/mol. The van der Waals surface area contributed by atoms with Gasteiger partial charge >= 0.3 is 0 Å². The smallest absolute Gasteiger partial charge is 0.273 e. The van der Waals surface area contributed by atoms with Crippen molar-refractivity contribution < 1.29 is 9.59 Å². The third-order valence-corrected chi connectivity index (χ3v) is 4.39. The number of hydrogen-bond donors (Lipinski definition) is 2. The molecule has 3 aromatic rings. The molecule has 0 saturated heterocycles. The van der Waals surface area contributed by atoms with Crippen molar-refractivity contribution in [3.05, 3.63) is 77.4 Å². The van der Waals surface area contributed by atoms with Gasteiger partial charge in [0.2, 0.25) is 0 Å². The van der Waals surface area contributed by atoms with Crippen LogP contribution in [0.25, 0.3) is 0 Å². The number of ketones is 1. The van der Waals surface area contributed by atoms with Gasteiger partial charge in [-0.05, 0) is 55.3 Å². The number of rotatable bonds is 6. The number of carbonyl (C=O) groups excluding carboxylic acids is 2. The van der Waals surface area contributed by atoms with E-state index in [1.54, 1.807) is 43.2 Å². The summed E-state index contributed by atoms with van der Waals surface area (Å²) in [6.07, 6.45) is 3.14. The standard InChI is InChI=1S/C21H22N4O2/c1-14-4-5-16(11-23-18-8-6-17(7-9-18)15(2)26)10-19(14)24-21(27)20-12-22-13-25(20)3/h4-10,12-13,23H,11H2,1-3H3,(H,24,27). The third-order valence-electron chi connectivity index (χ3n) is 4.39. The summed E-state index contributed by atoms with van der Waals surface area (Å²) in [6.45, 7) is 4.11. The summed E-state index contributed by atoms with van der Waals surface area (Å²) in [7, 11) is 1.78. The molecule has 2 aromatic carbocycles. The van der Waals surface area contributed by atoms with Crippen LogP contribution < -0.4 is 10.6 Å². The number of benzene rings is 2. The van der Waals surface area contributed by atoms with Crippen molar-refractivity contribution in [2.24, 2.45) is 7.05 Å². The first-order valence-corrected chi connectivity index (χ1v) is 8.66. The Kier molecular flexibility index (Phi) is 5.35. The maximum absolute atomic E-state index is 12.4. The Morgan fingerprint density at radius 3 is 2.48 bits per heavy atom. The first kappa shape index (κ1) is 18.4. The van der Waals surface area contributed by atoms with Gasteiger partial charge in [0.25, 0.3) is 5.91 Å². The van der Waals surface area contributed by atoms with E-state index in [0.717, 1.165) is 22.5 Å². The van der Waals surface area contributed by atoms with E-state index in [2.05, 4.69) is 15.6 Å². The molecule has 0 atom stereocenters. The van der Waals surface area contributed by atoms with E-state index < -0.39 is 0 Å². The van der Waals surface area contributed by atoms with Crippen molar-refractivity contribution in [3.8, 4) is 0 Å². The summed E-state index contributed by atoms with van der Waals surface area (Å²) >= 11 is 0. The zero-order valence-corrected chi connectivity index (χ0v) is 15.6. The Morgan fingerprint density at radius 1 is 1.11 bits per heavy atom. The predicted molar refractivity (Wildman–Crippen MR) is 106 cm³/mol. The molecule has 0 aliphatic rings. The molecular weight excluding hydrogens is 340 g/mol. The minimum Gasteiger partial charge on any atom is -0.381 e. The summed E-state index contributed by atoms with van der Waals surface area (Å²) in [4.78, 5) is 27.7. The molecule has 138 valence electrons. The number of Topliss-reactive ketones (excluding diaryl/α,β-unsaturated/α-hetero) is 1. The van der Waals surface area contributed by atoms with Crippen LogP contribution in [0.1, 0.15) is 38.9 Å². The maximum Gasteiger partial charge on any atom is 0.273 e. The monoisotopic (exact) mass is 362 g/mol.